The lowest BCUT2D eigenvalue weighted by Gasteiger charge is -2.05. The fourth-order valence-corrected chi connectivity index (χ4v) is 3.12. The van der Waals surface area contributed by atoms with Crippen molar-refractivity contribution >= 4 is 15.4 Å². The molecule has 2 rings (SSSR count). The van der Waals surface area contributed by atoms with Crippen molar-refractivity contribution in [3.63, 3.8) is 0 Å². The van der Waals surface area contributed by atoms with E-state index < -0.39 is 15.9 Å². The minimum Gasteiger partial charge on any atom is -0.389 e. The highest BCUT2D eigenvalue weighted by molar-refractivity contribution is 7.95. The summed E-state index contributed by atoms with van der Waals surface area (Å²) < 4.78 is 23.2. The van der Waals surface area contributed by atoms with Gasteiger partial charge in [-0.05, 0) is 18.6 Å². The van der Waals surface area contributed by atoms with E-state index in [4.69, 9.17) is 0 Å². The first kappa shape index (κ1) is 9.43. The zero-order chi connectivity index (χ0) is 10.3. The van der Waals surface area contributed by atoms with Gasteiger partial charge in [0.05, 0.1) is 11.0 Å². The van der Waals surface area contributed by atoms with Crippen LogP contribution in [-0.2, 0) is 9.84 Å². The van der Waals surface area contributed by atoms with Crippen molar-refractivity contribution < 1.29 is 13.5 Å². The van der Waals surface area contributed by atoms with Gasteiger partial charge in [-0.1, -0.05) is 18.2 Å². The zero-order valence-electron chi connectivity index (χ0n) is 7.64. The Morgan fingerprint density at radius 2 is 1.93 bits per heavy atom. The molecule has 0 spiro atoms. The summed E-state index contributed by atoms with van der Waals surface area (Å²) in [5, 5.41) is 10.5. The second-order valence-electron chi connectivity index (χ2n) is 3.29. The minimum absolute atomic E-state index is 0.288. The third-order valence-electron chi connectivity index (χ3n) is 2.24. The molecule has 0 radical (unpaired) electrons. The summed E-state index contributed by atoms with van der Waals surface area (Å²) in [5.74, 6) is 0. The van der Waals surface area contributed by atoms with E-state index in [-0.39, 0.29) is 4.90 Å². The van der Waals surface area contributed by atoms with Crippen molar-refractivity contribution in [3.05, 3.63) is 35.2 Å². The van der Waals surface area contributed by atoms with Crippen molar-refractivity contribution in [3.8, 4) is 0 Å². The summed E-state index contributed by atoms with van der Waals surface area (Å²) in [4.78, 5) is 0.288. The van der Waals surface area contributed by atoms with Crippen LogP contribution in [0.2, 0.25) is 0 Å². The highest BCUT2D eigenvalue weighted by atomic mass is 32.2. The van der Waals surface area contributed by atoms with Gasteiger partial charge in [0.1, 0.15) is 0 Å². The number of hydrogen-bond acceptors (Lipinski definition) is 3. The Labute approximate surface area is 82.6 Å². The summed E-state index contributed by atoms with van der Waals surface area (Å²) in [7, 11) is -3.32. The van der Waals surface area contributed by atoms with Gasteiger partial charge in [0.25, 0.3) is 0 Å². The van der Waals surface area contributed by atoms with E-state index in [2.05, 4.69) is 0 Å². The Morgan fingerprint density at radius 3 is 2.57 bits per heavy atom. The first-order chi connectivity index (χ1) is 6.52. The number of fused-ring (bicyclic) bond motifs is 1. The zero-order valence-corrected chi connectivity index (χ0v) is 8.45. The van der Waals surface area contributed by atoms with Gasteiger partial charge in [-0.3, -0.25) is 0 Å². The van der Waals surface area contributed by atoms with E-state index in [9.17, 15) is 13.5 Å². The topological polar surface area (TPSA) is 54.4 Å². The van der Waals surface area contributed by atoms with Gasteiger partial charge in [0, 0.05) is 11.0 Å². The Bertz CT molecular complexity index is 498. The predicted molar refractivity (Wildman–Crippen MR) is 53.3 cm³/mol. The molecule has 1 heterocycles. The van der Waals surface area contributed by atoms with E-state index in [1.54, 1.807) is 31.2 Å². The minimum atomic E-state index is -3.32. The van der Waals surface area contributed by atoms with Crippen molar-refractivity contribution in [2.75, 3.05) is 0 Å². The molecule has 1 aliphatic heterocycles. The van der Waals surface area contributed by atoms with Crippen LogP contribution in [0.25, 0.3) is 5.57 Å². The van der Waals surface area contributed by atoms with Crippen LogP contribution >= 0.6 is 0 Å². The van der Waals surface area contributed by atoms with E-state index in [1.807, 2.05) is 0 Å². The molecule has 0 amide bonds. The first-order valence-corrected chi connectivity index (χ1v) is 5.81. The average Bonchev–Trinajstić information content (AvgIpc) is 2.40. The smallest absolute Gasteiger partial charge is 0.200 e. The molecule has 0 saturated carbocycles. The first-order valence-electron chi connectivity index (χ1n) is 4.26. The number of aliphatic hydroxyl groups excluding tert-OH is 1. The second-order valence-corrected chi connectivity index (χ2v) is 5.06. The summed E-state index contributed by atoms with van der Waals surface area (Å²) in [6.07, 6.45) is -0.756. The highest BCUT2D eigenvalue weighted by Gasteiger charge is 2.28. The van der Waals surface area contributed by atoms with Gasteiger partial charge in [-0.15, -0.1) is 0 Å². The number of sulfone groups is 1. The monoisotopic (exact) mass is 210 g/mol. The number of hydrogen-bond donors (Lipinski definition) is 1. The molecule has 0 saturated heterocycles. The summed E-state index contributed by atoms with van der Waals surface area (Å²) in [6, 6.07) is 6.69. The van der Waals surface area contributed by atoms with Gasteiger partial charge in [0.15, 0.2) is 0 Å². The van der Waals surface area contributed by atoms with Crippen molar-refractivity contribution in [2.24, 2.45) is 0 Å². The van der Waals surface area contributed by atoms with Gasteiger partial charge in [-0.25, -0.2) is 8.42 Å². The molecule has 1 aliphatic rings. The van der Waals surface area contributed by atoms with E-state index in [1.165, 1.54) is 0 Å². The van der Waals surface area contributed by atoms with Crippen molar-refractivity contribution in [1.82, 2.24) is 0 Å². The van der Waals surface area contributed by atoms with Gasteiger partial charge < -0.3 is 5.11 Å². The second kappa shape index (κ2) is 2.93. The summed E-state index contributed by atoms with van der Waals surface area (Å²) in [6.45, 7) is 1.56. The molecule has 74 valence electrons. The maximum absolute atomic E-state index is 11.6. The Balaban J connectivity index is 2.73. The molecule has 0 aromatic heterocycles. The quantitative estimate of drug-likeness (QED) is 0.757. The average molecular weight is 210 g/mol. The highest BCUT2D eigenvalue weighted by Crippen LogP contribution is 2.34. The maximum Gasteiger partial charge on any atom is 0.200 e. The lowest BCUT2D eigenvalue weighted by atomic mass is 10.0. The third-order valence-corrected chi connectivity index (χ3v) is 3.77. The fraction of sp³-hybridized carbons (Fsp3) is 0.200. The van der Waals surface area contributed by atoms with Crippen LogP contribution in [-0.4, -0.2) is 19.6 Å². The SMILES string of the molecule is CC(O)C1=CS(=O)(=O)c2ccccc21. The largest absolute Gasteiger partial charge is 0.389 e. The number of rotatable bonds is 1. The van der Waals surface area contributed by atoms with E-state index >= 15 is 0 Å². The molecule has 1 aromatic carbocycles. The molecule has 14 heavy (non-hydrogen) atoms. The van der Waals surface area contributed by atoms with Crippen LogP contribution in [0.15, 0.2) is 34.6 Å². The predicted octanol–water partition coefficient (Wildman–Crippen LogP) is 1.20. The molecule has 0 bridgehead atoms. The normalized spacial score (nSPS) is 20.0. The summed E-state index contributed by atoms with van der Waals surface area (Å²) in [5.41, 5.74) is 1.09. The lowest BCUT2D eigenvalue weighted by Crippen LogP contribution is -2.01. The fourth-order valence-electron chi connectivity index (χ4n) is 1.57. The molecular weight excluding hydrogens is 200 g/mol. The Morgan fingerprint density at radius 1 is 1.29 bits per heavy atom. The molecule has 0 fully saturated rings. The van der Waals surface area contributed by atoms with E-state index in [0.717, 1.165) is 5.41 Å². The maximum atomic E-state index is 11.6. The molecule has 1 unspecified atom stereocenters. The molecule has 3 nitrogen and oxygen atoms in total. The number of aliphatic hydroxyl groups is 1. The van der Waals surface area contributed by atoms with Crippen LogP contribution in [0, 0.1) is 0 Å². The van der Waals surface area contributed by atoms with Crippen LogP contribution in [0.3, 0.4) is 0 Å². The third kappa shape index (κ3) is 1.27. The van der Waals surface area contributed by atoms with Crippen molar-refractivity contribution in [1.29, 1.82) is 0 Å². The van der Waals surface area contributed by atoms with Crippen LogP contribution in [0.1, 0.15) is 12.5 Å². The van der Waals surface area contributed by atoms with Gasteiger partial charge in [0.2, 0.25) is 9.84 Å². The van der Waals surface area contributed by atoms with Gasteiger partial charge in [-0.2, -0.15) is 0 Å². The van der Waals surface area contributed by atoms with Crippen LogP contribution in [0.4, 0.5) is 0 Å². The molecule has 1 atom stereocenters. The summed E-state index contributed by atoms with van der Waals surface area (Å²) >= 11 is 0. The Hall–Kier alpha value is -1.13. The van der Waals surface area contributed by atoms with Crippen LogP contribution < -0.4 is 0 Å². The molecule has 4 heteroatoms. The standard InChI is InChI=1S/C10H10O3S/c1-7(11)9-6-14(12,13)10-5-3-2-4-8(9)10/h2-7,11H,1H3. The molecule has 1 N–H and O–H groups in total. The van der Waals surface area contributed by atoms with Gasteiger partial charge >= 0.3 is 0 Å². The van der Waals surface area contributed by atoms with E-state index in [0.29, 0.717) is 11.1 Å². The molecular formula is C10H10O3S. The molecule has 1 aromatic rings. The number of benzene rings is 1. The lowest BCUT2D eigenvalue weighted by molar-refractivity contribution is 0.253. The Kier molecular flexibility index (Phi) is 1.97. The van der Waals surface area contributed by atoms with Crippen LogP contribution in [0.5, 0.6) is 0 Å². The van der Waals surface area contributed by atoms with Crippen molar-refractivity contribution in [2.45, 2.75) is 17.9 Å². The molecule has 0 aliphatic carbocycles.